The van der Waals surface area contributed by atoms with Crippen molar-refractivity contribution >= 4 is 26.8 Å². The van der Waals surface area contributed by atoms with Gasteiger partial charge >= 0.3 is 0 Å². The monoisotopic (exact) mass is 450 g/mol. The molecule has 3 heterocycles. The number of carbonyl (C=O) groups excluding carboxylic acids is 1. The minimum atomic E-state index is -3.69. The smallest absolute Gasteiger partial charge is 0.245 e. The lowest BCUT2D eigenvalue weighted by atomic mass is 9.97. The number of aromatic nitrogens is 1. The molecule has 0 aliphatic carbocycles. The average Bonchev–Trinajstić information content (AvgIpc) is 3.04. The first-order valence-electron chi connectivity index (χ1n) is 10.8. The van der Waals surface area contributed by atoms with Gasteiger partial charge in [-0.2, -0.15) is 4.31 Å². The van der Waals surface area contributed by atoms with Crippen molar-refractivity contribution in [3.05, 3.63) is 72.4 Å². The summed E-state index contributed by atoms with van der Waals surface area (Å²) in [5.74, 6) is 0.0587. The second-order valence-corrected chi connectivity index (χ2v) is 10.5. The zero-order valence-corrected chi connectivity index (χ0v) is 18.8. The van der Waals surface area contributed by atoms with E-state index in [1.807, 2.05) is 49.5 Å². The van der Waals surface area contributed by atoms with Crippen LogP contribution in [0.4, 0.5) is 0 Å². The molecule has 1 spiro atoms. The number of pyridine rings is 1. The van der Waals surface area contributed by atoms with E-state index < -0.39 is 15.7 Å². The molecule has 2 fully saturated rings. The molecule has 2 aromatic carbocycles. The fourth-order valence-corrected chi connectivity index (χ4v) is 6.52. The first-order valence-corrected chi connectivity index (χ1v) is 12.3. The SMILES string of the molecule is CN1C(=O)C(Cc2ccccc2)NC12CCN(S(=O)(=O)c1cccc3cccnc13)CC2. The third-order valence-electron chi connectivity index (χ3n) is 6.76. The van der Waals surface area contributed by atoms with E-state index in [9.17, 15) is 13.2 Å². The maximum atomic E-state index is 13.4. The molecular formula is C24H26N4O3S. The Morgan fingerprint density at radius 2 is 1.75 bits per heavy atom. The van der Waals surface area contributed by atoms with Gasteiger partial charge in [-0.3, -0.25) is 15.1 Å². The van der Waals surface area contributed by atoms with Gasteiger partial charge in [0.1, 0.15) is 4.90 Å². The molecule has 5 rings (SSSR count). The zero-order chi connectivity index (χ0) is 22.3. The van der Waals surface area contributed by atoms with Crippen LogP contribution in [0.5, 0.6) is 0 Å². The molecule has 1 N–H and O–H groups in total. The van der Waals surface area contributed by atoms with Crippen molar-refractivity contribution in [1.29, 1.82) is 0 Å². The predicted octanol–water partition coefficient (Wildman–Crippen LogP) is 2.39. The van der Waals surface area contributed by atoms with Gasteiger partial charge in [0.25, 0.3) is 0 Å². The van der Waals surface area contributed by atoms with Gasteiger partial charge in [-0.05, 0) is 37.0 Å². The van der Waals surface area contributed by atoms with Crippen LogP contribution in [0.3, 0.4) is 0 Å². The summed E-state index contributed by atoms with van der Waals surface area (Å²) in [7, 11) is -1.87. The number of carbonyl (C=O) groups is 1. The Bertz CT molecular complexity index is 1250. The van der Waals surface area contributed by atoms with Gasteiger partial charge in [-0.1, -0.05) is 48.5 Å². The maximum Gasteiger partial charge on any atom is 0.245 e. The highest BCUT2D eigenvalue weighted by atomic mass is 32.2. The number of sulfonamides is 1. The van der Waals surface area contributed by atoms with E-state index in [0.29, 0.717) is 37.9 Å². The second-order valence-electron chi connectivity index (χ2n) is 8.55. The molecule has 7 nitrogen and oxygen atoms in total. The fraction of sp³-hybridized carbons (Fsp3) is 0.333. The molecule has 1 aromatic heterocycles. The lowest BCUT2D eigenvalue weighted by Crippen LogP contribution is -2.58. The Morgan fingerprint density at radius 1 is 1.03 bits per heavy atom. The number of rotatable bonds is 4. The quantitative estimate of drug-likeness (QED) is 0.660. The molecule has 3 aromatic rings. The molecule has 8 heteroatoms. The van der Waals surface area contributed by atoms with Gasteiger partial charge < -0.3 is 4.90 Å². The molecule has 2 aliphatic rings. The summed E-state index contributed by atoms with van der Waals surface area (Å²) in [5, 5.41) is 4.34. The molecular weight excluding hydrogens is 424 g/mol. The van der Waals surface area contributed by atoms with Crippen molar-refractivity contribution in [3.8, 4) is 0 Å². The average molecular weight is 451 g/mol. The number of nitrogens with one attached hydrogen (secondary N) is 1. The summed E-state index contributed by atoms with van der Waals surface area (Å²) in [5.41, 5.74) is 1.08. The van der Waals surface area contributed by atoms with Crippen LogP contribution in [0, 0.1) is 0 Å². The maximum absolute atomic E-state index is 13.4. The number of nitrogens with zero attached hydrogens (tertiary/aromatic N) is 3. The predicted molar refractivity (Wildman–Crippen MR) is 122 cm³/mol. The Balaban J connectivity index is 1.34. The van der Waals surface area contributed by atoms with E-state index in [2.05, 4.69) is 10.3 Å². The van der Waals surface area contributed by atoms with Crippen LogP contribution in [0.2, 0.25) is 0 Å². The summed E-state index contributed by atoms with van der Waals surface area (Å²) in [4.78, 5) is 19.3. The van der Waals surface area contributed by atoms with E-state index in [1.54, 1.807) is 29.3 Å². The Hall–Kier alpha value is -2.81. The first-order chi connectivity index (χ1) is 15.4. The van der Waals surface area contributed by atoms with Gasteiger partial charge in [0, 0.05) is 31.7 Å². The summed E-state index contributed by atoms with van der Waals surface area (Å²) in [6, 6.07) is 18.5. The van der Waals surface area contributed by atoms with E-state index in [0.717, 1.165) is 10.9 Å². The zero-order valence-electron chi connectivity index (χ0n) is 17.9. The van der Waals surface area contributed by atoms with Crippen molar-refractivity contribution in [1.82, 2.24) is 19.5 Å². The van der Waals surface area contributed by atoms with E-state index in [1.165, 1.54) is 4.31 Å². The summed E-state index contributed by atoms with van der Waals surface area (Å²) in [6.07, 6.45) is 3.31. The number of amides is 1. The molecule has 166 valence electrons. The number of hydrogen-bond acceptors (Lipinski definition) is 5. The highest BCUT2D eigenvalue weighted by Gasteiger charge is 2.50. The van der Waals surface area contributed by atoms with Crippen molar-refractivity contribution in [2.45, 2.75) is 35.9 Å². The lowest BCUT2D eigenvalue weighted by Gasteiger charge is -2.42. The topological polar surface area (TPSA) is 82.6 Å². The number of piperidine rings is 1. The number of likely N-dealkylation sites (N-methyl/N-ethyl adjacent to an activating group) is 1. The largest absolute Gasteiger partial charge is 0.326 e. The summed E-state index contributed by atoms with van der Waals surface area (Å²) >= 11 is 0. The molecule has 0 saturated carbocycles. The molecule has 2 saturated heterocycles. The van der Waals surface area contributed by atoms with Crippen LogP contribution in [-0.2, 0) is 21.2 Å². The van der Waals surface area contributed by atoms with Gasteiger partial charge in [0.2, 0.25) is 15.9 Å². The fourth-order valence-electron chi connectivity index (χ4n) is 4.92. The normalized spacial score (nSPS) is 21.5. The minimum Gasteiger partial charge on any atom is -0.326 e. The molecule has 2 aliphatic heterocycles. The molecule has 0 radical (unpaired) electrons. The molecule has 1 amide bonds. The Kier molecular flexibility index (Phi) is 5.23. The Labute approximate surface area is 188 Å². The van der Waals surface area contributed by atoms with Crippen LogP contribution >= 0.6 is 0 Å². The van der Waals surface area contributed by atoms with Gasteiger partial charge in [0.05, 0.1) is 17.2 Å². The molecule has 0 bridgehead atoms. The van der Waals surface area contributed by atoms with Crippen LogP contribution in [-0.4, -0.2) is 60.4 Å². The van der Waals surface area contributed by atoms with Crippen LogP contribution < -0.4 is 5.32 Å². The van der Waals surface area contributed by atoms with Gasteiger partial charge in [-0.25, -0.2) is 8.42 Å². The van der Waals surface area contributed by atoms with Crippen LogP contribution in [0.25, 0.3) is 10.9 Å². The molecule has 1 atom stereocenters. The highest BCUT2D eigenvalue weighted by Crippen LogP contribution is 2.34. The number of hydrogen-bond donors (Lipinski definition) is 1. The van der Waals surface area contributed by atoms with Crippen molar-refractivity contribution < 1.29 is 13.2 Å². The van der Waals surface area contributed by atoms with E-state index in [4.69, 9.17) is 0 Å². The first kappa shape index (κ1) is 21.1. The van der Waals surface area contributed by atoms with E-state index in [-0.39, 0.29) is 16.8 Å². The number of para-hydroxylation sites is 1. The standard InChI is InChI=1S/C24H26N4O3S/c1-27-23(29)20(17-18-7-3-2-4-8-18)26-24(27)12-15-28(16-13-24)32(30,31)21-11-5-9-19-10-6-14-25-22(19)21/h2-11,14,20,26H,12-13,15-17H2,1H3. The third-order valence-corrected chi connectivity index (χ3v) is 8.69. The van der Waals surface area contributed by atoms with Crippen molar-refractivity contribution in [3.63, 3.8) is 0 Å². The summed E-state index contributed by atoms with van der Waals surface area (Å²) < 4.78 is 28.4. The van der Waals surface area contributed by atoms with E-state index >= 15 is 0 Å². The van der Waals surface area contributed by atoms with Crippen molar-refractivity contribution in [2.24, 2.45) is 0 Å². The molecule has 32 heavy (non-hydrogen) atoms. The van der Waals surface area contributed by atoms with Crippen LogP contribution in [0.15, 0.2) is 71.8 Å². The summed E-state index contributed by atoms with van der Waals surface area (Å²) in [6.45, 7) is 0.683. The number of fused-ring (bicyclic) bond motifs is 1. The Morgan fingerprint density at radius 3 is 2.50 bits per heavy atom. The van der Waals surface area contributed by atoms with Crippen LogP contribution in [0.1, 0.15) is 18.4 Å². The molecule has 1 unspecified atom stereocenters. The number of benzene rings is 2. The second kappa shape index (κ2) is 7.95. The highest BCUT2D eigenvalue weighted by molar-refractivity contribution is 7.89. The van der Waals surface area contributed by atoms with Crippen molar-refractivity contribution in [2.75, 3.05) is 20.1 Å². The van der Waals surface area contributed by atoms with Gasteiger partial charge in [-0.15, -0.1) is 0 Å². The lowest BCUT2D eigenvalue weighted by molar-refractivity contribution is -0.131. The van der Waals surface area contributed by atoms with Gasteiger partial charge in [0.15, 0.2) is 0 Å². The minimum absolute atomic E-state index is 0.0587. The third kappa shape index (κ3) is 3.48.